The summed E-state index contributed by atoms with van der Waals surface area (Å²) in [5, 5.41) is 19.1. The number of methoxy groups -OCH3 is 1. The van der Waals surface area contributed by atoms with Crippen molar-refractivity contribution >= 4 is 34.6 Å². The van der Waals surface area contributed by atoms with Gasteiger partial charge in [0.1, 0.15) is 6.54 Å². The van der Waals surface area contributed by atoms with E-state index in [2.05, 4.69) is 5.10 Å². The van der Waals surface area contributed by atoms with E-state index < -0.39 is 11.0 Å². The standard InChI is InChI=1S/C22H26N4O5S/c1-15(2)22(28)24(9-10-31-3)14-21(27)25-19(13-18(23-25)20-8-5-11-32-20)16-6-4-7-17(12-16)26(29)30/h4-8,11-12,15,19H,9-10,13-14H2,1-3H3. The fourth-order valence-electron chi connectivity index (χ4n) is 3.51. The fraction of sp³-hybridized carbons (Fsp3) is 0.409. The van der Waals surface area contributed by atoms with Gasteiger partial charge in [0.15, 0.2) is 0 Å². The van der Waals surface area contributed by atoms with E-state index in [0.717, 1.165) is 10.6 Å². The molecule has 1 aliphatic heterocycles. The molecule has 9 nitrogen and oxygen atoms in total. The minimum Gasteiger partial charge on any atom is -0.383 e. The Hall–Kier alpha value is -3.11. The van der Waals surface area contributed by atoms with Crippen molar-refractivity contribution in [3.8, 4) is 0 Å². The lowest BCUT2D eigenvalue weighted by molar-refractivity contribution is -0.385. The first-order chi connectivity index (χ1) is 15.3. The van der Waals surface area contributed by atoms with Gasteiger partial charge in [-0.3, -0.25) is 19.7 Å². The van der Waals surface area contributed by atoms with Gasteiger partial charge in [0.25, 0.3) is 11.6 Å². The smallest absolute Gasteiger partial charge is 0.269 e. The molecule has 1 aromatic heterocycles. The van der Waals surface area contributed by atoms with Gasteiger partial charge >= 0.3 is 0 Å². The van der Waals surface area contributed by atoms with Crippen LogP contribution in [0.4, 0.5) is 5.69 Å². The van der Waals surface area contributed by atoms with Crippen LogP contribution in [0.5, 0.6) is 0 Å². The number of hydrogen-bond acceptors (Lipinski definition) is 7. The molecule has 0 saturated heterocycles. The molecule has 1 aromatic carbocycles. The molecule has 0 N–H and O–H groups in total. The van der Waals surface area contributed by atoms with Crippen molar-refractivity contribution in [3.63, 3.8) is 0 Å². The van der Waals surface area contributed by atoms with Crippen LogP contribution in [-0.4, -0.2) is 59.2 Å². The SMILES string of the molecule is COCCN(CC(=O)N1N=C(c2cccs2)CC1c1cccc([N+](=O)[O-])c1)C(=O)C(C)C. The maximum Gasteiger partial charge on any atom is 0.269 e. The van der Waals surface area contributed by atoms with Crippen LogP contribution in [0.25, 0.3) is 0 Å². The van der Waals surface area contributed by atoms with Crippen molar-refractivity contribution in [2.75, 3.05) is 26.8 Å². The highest BCUT2D eigenvalue weighted by Crippen LogP contribution is 2.35. The van der Waals surface area contributed by atoms with E-state index in [0.29, 0.717) is 18.6 Å². The topological polar surface area (TPSA) is 105 Å². The van der Waals surface area contributed by atoms with Crippen LogP contribution in [0, 0.1) is 16.0 Å². The van der Waals surface area contributed by atoms with Crippen molar-refractivity contribution in [3.05, 3.63) is 62.3 Å². The van der Waals surface area contributed by atoms with Gasteiger partial charge in [0.2, 0.25) is 5.91 Å². The number of carbonyl (C=O) groups excluding carboxylic acids is 2. The molecule has 3 rings (SSSR count). The van der Waals surface area contributed by atoms with E-state index >= 15 is 0 Å². The normalized spacial score (nSPS) is 15.7. The molecule has 0 aliphatic carbocycles. The lowest BCUT2D eigenvalue weighted by Crippen LogP contribution is -2.44. The fourth-order valence-corrected chi connectivity index (χ4v) is 4.23. The van der Waals surface area contributed by atoms with E-state index in [1.165, 1.54) is 40.5 Å². The number of rotatable bonds is 9. The average molecular weight is 459 g/mol. The zero-order valence-corrected chi connectivity index (χ0v) is 19.1. The largest absolute Gasteiger partial charge is 0.383 e. The van der Waals surface area contributed by atoms with Crippen LogP contribution in [0.3, 0.4) is 0 Å². The molecule has 0 spiro atoms. The second-order valence-corrected chi connectivity index (χ2v) is 8.69. The first-order valence-corrected chi connectivity index (χ1v) is 11.1. The number of carbonyl (C=O) groups is 2. The summed E-state index contributed by atoms with van der Waals surface area (Å²) in [5.74, 6) is -0.766. The van der Waals surface area contributed by atoms with Gasteiger partial charge in [-0.25, -0.2) is 5.01 Å². The van der Waals surface area contributed by atoms with Crippen LogP contribution >= 0.6 is 11.3 Å². The second kappa shape index (κ2) is 10.5. The molecule has 2 aromatic rings. The summed E-state index contributed by atoms with van der Waals surface area (Å²) in [4.78, 5) is 39.1. The molecule has 1 aliphatic rings. The molecule has 0 saturated carbocycles. The molecular formula is C22H26N4O5S. The van der Waals surface area contributed by atoms with Gasteiger partial charge in [-0.2, -0.15) is 5.10 Å². The van der Waals surface area contributed by atoms with E-state index in [-0.39, 0.29) is 36.5 Å². The molecular weight excluding hydrogens is 432 g/mol. The molecule has 0 fully saturated rings. The summed E-state index contributed by atoms with van der Waals surface area (Å²) >= 11 is 1.51. The number of nitro benzene ring substituents is 1. The molecule has 0 bridgehead atoms. The highest BCUT2D eigenvalue weighted by Gasteiger charge is 2.35. The van der Waals surface area contributed by atoms with Crippen LogP contribution < -0.4 is 0 Å². The third kappa shape index (κ3) is 5.38. The maximum atomic E-state index is 13.3. The molecule has 10 heteroatoms. The lowest BCUT2D eigenvalue weighted by Gasteiger charge is -2.27. The minimum absolute atomic E-state index is 0.0452. The van der Waals surface area contributed by atoms with E-state index in [1.807, 2.05) is 17.5 Å². The number of ether oxygens (including phenoxy) is 1. The third-order valence-corrected chi connectivity index (χ3v) is 6.05. The zero-order chi connectivity index (χ0) is 23.3. The van der Waals surface area contributed by atoms with Crippen LogP contribution in [-0.2, 0) is 14.3 Å². The number of non-ortho nitro benzene ring substituents is 1. The quantitative estimate of drug-likeness (QED) is 0.423. The lowest BCUT2D eigenvalue weighted by atomic mass is 10.0. The zero-order valence-electron chi connectivity index (χ0n) is 18.3. The number of thiophene rings is 1. The molecule has 32 heavy (non-hydrogen) atoms. The van der Waals surface area contributed by atoms with Gasteiger partial charge < -0.3 is 9.64 Å². The summed E-state index contributed by atoms with van der Waals surface area (Å²) in [6.45, 7) is 4.01. The summed E-state index contributed by atoms with van der Waals surface area (Å²) in [6.07, 6.45) is 0.434. The number of nitro groups is 1. The number of benzene rings is 1. The molecule has 1 atom stereocenters. The van der Waals surface area contributed by atoms with Gasteiger partial charge in [-0.15, -0.1) is 11.3 Å². The Bertz CT molecular complexity index is 1010. The summed E-state index contributed by atoms with van der Waals surface area (Å²) < 4.78 is 5.09. The molecule has 2 amide bonds. The summed E-state index contributed by atoms with van der Waals surface area (Å²) in [6, 6.07) is 9.59. The molecule has 2 heterocycles. The van der Waals surface area contributed by atoms with Crippen molar-refractivity contribution in [2.45, 2.75) is 26.3 Å². The van der Waals surface area contributed by atoms with Crippen molar-refractivity contribution in [2.24, 2.45) is 11.0 Å². The Morgan fingerprint density at radius 1 is 1.34 bits per heavy atom. The van der Waals surface area contributed by atoms with E-state index in [1.54, 1.807) is 26.0 Å². The minimum atomic E-state index is -0.488. The predicted molar refractivity (Wildman–Crippen MR) is 121 cm³/mol. The van der Waals surface area contributed by atoms with E-state index in [9.17, 15) is 19.7 Å². The number of amides is 2. The Kier molecular flexibility index (Phi) is 7.70. The Morgan fingerprint density at radius 2 is 2.12 bits per heavy atom. The Labute approximate surface area is 190 Å². The summed E-state index contributed by atoms with van der Waals surface area (Å²) in [7, 11) is 1.54. The monoisotopic (exact) mass is 458 g/mol. The summed E-state index contributed by atoms with van der Waals surface area (Å²) in [5.41, 5.74) is 1.32. The number of hydrazone groups is 1. The van der Waals surface area contributed by atoms with Gasteiger partial charge in [0.05, 0.1) is 28.2 Å². The first kappa shape index (κ1) is 23.6. The van der Waals surface area contributed by atoms with Crippen molar-refractivity contribution < 1.29 is 19.2 Å². The van der Waals surface area contributed by atoms with E-state index in [4.69, 9.17) is 4.74 Å². The van der Waals surface area contributed by atoms with Gasteiger partial charge in [0, 0.05) is 38.1 Å². The van der Waals surface area contributed by atoms with Crippen LogP contribution in [0.2, 0.25) is 0 Å². The number of nitrogens with zero attached hydrogens (tertiary/aromatic N) is 4. The third-order valence-electron chi connectivity index (χ3n) is 5.13. The maximum absolute atomic E-state index is 13.3. The van der Waals surface area contributed by atoms with Gasteiger partial charge in [-0.1, -0.05) is 32.0 Å². The predicted octanol–water partition coefficient (Wildman–Crippen LogP) is 3.47. The van der Waals surface area contributed by atoms with Gasteiger partial charge in [-0.05, 0) is 17.0 Å². The van der Waals surface area contributed by atoms with Crippen molar-refractivity contribution in [1.29, 1.82) is 0 Å². The Balaban J connectivity index is 1.91. The Morgan fingerprint density at radius 3 is 2.75 bits per heavy atom. The van der Waals surface area contributed by atoms with Crippen LogP contribution in [0.1, 0.15) is 36.8 Å². The average Bonchev–Trinajstić information content (AvgIpc) is 3.46. The second-order valence-electron chi connectivity index (χ2n) is 7.74. The highest BCUT2D eigenvalue weighted by atomic mass is 32.1. The number of hydrogen-bond donors (Lipinski definition) is 0. The molecule has 170 valence electrons. The van der Waals surface area contributed by atoms with Crippen LogP contribution in [0.15, 0.2) is 46.9 Å². The highest BCUT2D eigenvalue weighted by molar-refractivity contribution is 7.12. The molecule has 0 radical (unpaired) electrons. The molecule has 1 unspecified atom stereocenters. The first-order valence-electron chi connectivity index (χ1n) is 10.3. The van der Waals surface area contributed by atoms with Crippen molar-refractivity contribution in [1.82, 2.24) is 9.91 Å².